The zero-order valence-electron chi connectivity index (χ0n) is 55.8. The van der Waals surface area contributed by atoms with Crippen molar-refractivity contribution in [3.05, 3.63) is 57.6 Å². The number of rotatable bonds is 35. The fourth-order valence-corrected chi connectivity index (χ4v) is 11.5. The monoisotopic (exact) mass is 1180 g/mol. The molecular formula is C70H118O10S2. The maximum Gasteiger partial charge on any atom is 0.514 e. The smallest absolute Gasteiger partial charge is 0.464 e. The van der Waals surface area contributed by atoms with Crippen LogP contribution >= 0.6 is 23.5 Å². The maximum absolute atomic E-state index is 15.7. The van der Waals surface area contributed by atoms with E-state index in [0.717, 1.165) is 53.0 Å². The van der Waals surface area contributed by atoms with Gasteiger partial charge in [-0.1, -0.05) is 237 Å². The Morgan fingerprint density at radius 2 is 0.671 bits per heavy atom. The molecule has 470 valence electrons. The number of carbonyl (C=O) groups is 4. The molecule has 12 heteroatoms. The highest BCUT2D eigenvalue weighted by molar-refractivity contribution is 7.99. The van der Waals surface area contributed by atoms with Gasteiger partial charge in [0.25, 0.3) is 0 Å². The summed E-state index contributed by atoms with van der Waals surface area (Å²) in [5, 5.41) is 0. The molecule has 0 spiro atoms. The molecule has 0 saturated heterocycles. The summed E-state index contributed by atoms with van der Waals surface area (Å²) in [4.78, 5) is 58.5. The van der Waals surface area contributed by atoms with Gasteiger partial charge < -0.3 is 28.4 Å². The van der Waals surface area contributed by atoms with Gasteiger partial charge in [0.2, 0.25) is 0 Å². The largest absolute Gasteiger partial charge is 0.514 e. The molecule has 2 aromatic rings. The summed E-state index contributed by atoms with van der Waals surface area (Å²) in [5.74, 6) is 1.89. The highest BCUT2D eigenvalue weighted by atomic mass is 32.2. The van der Waals surface area contributed by atoms with Crippen LogP contribution in [0.1, 0.15) is 300 Å². The first-order chi connectivity index (χ1) is 38.1. The lowest BCUT2D eigenvalue weighted by Gasteiger charge is -2.34. The van der Waals surface area contributed by atoms with Crippen LogP contribution in [0.2, 0.25) is 0 Å². The molecule has 0 amide bonds. The molecule has 2 rings (SSSR count). The van der Waals surface area contributed by atoms with Crippen molar-refractivity contribution in [2.45, 2.75) is 313 Å². The van der Waals surface area contributed by atoms with E-state index >= 15 is 9.59 Å². The van der Waals surface area contributed by atoms with Gasteiger partial charge in [0.15, 0.2) is 5.41 Å². The quantitative estimate of drug-likeness (QED) is 0.0163. The van der Waals surface area contributed by atoms with Crippen molar-refractivity contribution < 1.29 is 47.6 Å². The summed E-state index contributed by atoms with van der Waals surface area (Å²) in [6.45, 7) is 40.1. The van der Waals surface area contributed by atoms with Crippen molar-refractivity contribution in [3.63, 3.8) is 0 Å². The van der Waals surface area contributed by atoms with E-state index in [1.807, 2.05) is 24.3 Å². The lowest BCUT2D eigenvalue weighted by molar-refractivity contribution is -0.171. The third-order valence-corrected chi connectivity index (χ3v) is 16.4. The van der Waals surface area contributed by atoms with Crippen LogP contribution < -0.4 is 9.47 Å². The molecule has 0 unspecified atom stereocenters. The summed E-state index contributed by atoms with van der Waals surface area (Å²) >= 11 is 3.33. The van der Waals surface area contributed by atoms with Gasteiger partial charge in [0.05, 0.1) is 0 Å². The van der Waals surface area contributed by atoms with Crippen LogP contribution in [0.5, 0.6) is 11.5 Å². The highest BCUT2D eigenvalue weighted by Crippen LogP contribution is 2.46. The molecule has 0 radical (unpaired) electrons. The Kier molecular flexibility index (Phi) is 32.2. The Bertz CT molecular complexity index is 2040. The minimum Gasteiger partial charge on any atom is -0.464 e. The second kappa shape index (κ2) is 35.3. The van der Waals surface area contributed by atoms with Gasteiger partial charge >= 0.3 is 24.2 Å². The Hall–Kier alpha value is -3.38. The van der Waals surface area contributed by atoms with Crippen LogP contribution in [0.25, 0.3) is 0 Å². The molecule has 0 N–H and O–H groups in total. The lowest BCUT2D eigenvalue weighted by atomic mass is 9.71. The van der Waals surface area contributed by atoms with Crippen molar-refractivity contribution >= 4 is 47.8 Å². The van der Waals surface area contributed by atoms with Crippen LogP contribution in [0.4, 0.5) is 9.59 Å². The van der Waals surface area contributed by atoms with Crippen molar-refractivity contribution in [1.82, 2.24) is 0 Å². The predicted molar refractivity (Wildman–Crippen MR) is 347 cm³/mol. The lowest BCUT2D eigenvalue weighted by Crippen LogP contribution is -2.46. The molecular weight excluding hydrogens is 1060 g/mol. The number of ether oxygens (including phenoxy) is 6. The molecule has 0 heterocycles. The molecule has 0 aliphatic heterocycles. The molecule has 0 saturated carbocycles. The van der Waals surface area contributed by atoms with E-state index in [1.54, 1.807) is 65.1 Å². The molecule has 10 nitrogen and oxygen atoms in total. The summed E-state index contributed by atoms with van der Waals surface area (Å²) in [7, 11) is 0. The van der Waals surface area contributed by atoms with Gasteiger partial charge in [-0.3, -0.25) is 9.59 Å². The Labute approximate surface area is 509 Å². The van der Waals surface area contributed by atoms with Crippen LogP contribution in [-0.4, -0.2) is 65.3 Å². The third kappa shape index (κ3) is 28.7. The summed E-state index contributed by atoms with van der Waals surface area (Å²) in [6.07, 6.45) is 23.2. The molecule has 82 heavy (non-hydrogen) atoms. The van der Waals surface area contributed by atoms with E-state index in [4.69, 9.17) is 28.4 Å². The van der Waals surface area contributed by atoms with Crippen molar-refractivity contribution in [1.29, 1.82) is 0 Å². The fraction of sp³-hybridized carbons (Fsp3) is 0.771. The first-order valence-electron chi connectivity index (χ1n) is 31.7. The number of unbranched alkanes of at least 4 members (excludes halogenated alkanes) is 18. The van der Waals surface area contributed by atoms with Crippen LogP contribution in [0, 0.1) is 5.41 Å². The van der Waals surface area contributed by atoms with Gasteiger partial charge in [-0.2, -0.15) is 11.8 Å². The Morgan fingerprint density at radius 1 is 0.378 bits per heavy atom. The summed E-state index contributed by atoms with van der Waals surface area (Å²) in [5.41, 5.74) is -1.49. The van der Waals surface area contributed by atoms with Crippen LogP contribution in [0.3, 0.4) is 0 Å². The Balaban J connectivity index is 2.86. The molecule has 0 aliphatic rings. The highest BCUT2D eigenvalue weighted by Gasteiger charge is 2.50. The first-order valence-corrected chi connectivity index (χ1v) is 34.0. The molecule has 0 aromatic heterocycles. The molecule has 0 bridgehead atoms. The minimum atomic E-state index is -1.89. The number of carbonyl (C=O) groups excluding carboxylic acids is 4. The average Bonchev–Trinajstić information content (AvgIpc) is 3.52. The van der Waals surface area contributed by atoms with E-state index in [0.29, 0.717) is 28.4 Å². The first kappa shape index (κ1) is 74.7. The number of thioether (sulfide) groups is 2. The van der Waals surface area contributed by atoms with Gasteiger partial charge in [-0.05, 0) is 112 Å². The topological polar surface area (TPSA) is 124 Å². The van der Waals surface area contributed by atoms with E-state index in [9.17, 15) is 9.59 Å². The molecule has 0 fully saturated rings. The van der Waals surface area contributed by atoms with Gasteiger partial charge in [0, 0.05) is 28.0 Å². The second-order valence-corrected chi connectivity index (χ2v) is 31.5. The molecule has 2 aromatic carbocycles. The predicted octanol–water partition coefficient (Wildman–Crippen LogP) is 20.6. The van der Waals surface area contributed by atoms with E-state index in [1.165, 1.54) is 109 Å². The van der Waals surface area contributed by atoms with Crippen molar-refractivity contribution in [2.24, 2.45) is 5.41 Å². The molecule has 0 atom stereocenters. The zero-order chi connectivity index (χ0) is 62.0. The van der Waals surface area contributed by atoms with Crippen LogP contribution in [0.15, 0.2) is 24.3 Å². The van der Waals surface area contributed by atoms with Crippen molar-refractivity contribution in [2.75, 3.05) is 29.8 Å². The number of hydrogen-bond donors (Lipinski definition) is 0. The van der Waals surface area contributed by atoms with Gasteiger partial charge in [-0.15, -0.1) is 11.8 Å². The van der Waals surface area contributed by atoms with E-state index in [-0.39, 0.29) is 25.4 Å². The number of hydrogen-bond acceptors (Lipinski definition) is 12. The minimum absolute atomic E-state index is 0.0757. The standard InChI is InChI=1S/C70H118O10S2/c1-21-23-25-27-29-31-33-35-37-39-42-81-44-41-75-60(71)70(61(72)76-51-82-43-40-38-36-34-32-30-28-26-24-22-2,49-52-45-54(64(3,4)5)58(55(46-52)65(6,7)8)77-62(73)79-68(15,16)17)50-53-47-56(66(9,10)11)59(57(48-53)67(12,13)14)78-63(74)80-69(18,19)20/h45-48H,21-44,49-51H2,1-20H3. The van der Waals surface area contributed by atoms with Crippen molar-refractivity contribution in [3.8, 4) is 11.5 Å². The number of esters is 2. The maximum atomic E-state index is 15.7. The van der Waals surface area contributed by atoms with E-state index in [2.05, 4.69) is 96.9 Å². The third-order valence-electron chi connectivity index (χ3n) is 14.5. The van der Waals surface area contributed by atoms with E-state index < -0.39 is 62.5 Å². The summed E-state index contributed by atoms with van der Waals surface area (Å²) < 4.78 is 36.6. The second-order valence-electron chi connectivity index (χ2n) is 29.2. The van der Waals surface area contributed by atoms with Crippen LogP contribution in [-0.2, 0) is 63.0 Å². The normalized spacial score (nSPS) is 12.8. The zero-order valence-corrected chi connectivity index (χ0v) is 57.4. The Morgan fingerprint density at radius 3 is 0.976 bits per heavy atom. The van der Waals surface area contributed by atoms with Gasteiger partial charge in [0.1, 0.15) is 35.2 Å². The number of benzene rings is 2. The average molecular weight is 1180 g/mol. The summed E-state index contributed by atoms with van der Waals surface area (Å²) in [6, 6.07) is 7.86. The molecule has 0 aliphatic carbocycles. The fourth-order valence-electron chi connectivity index (χ4n) is 9.98. The van der Waals surface area contributed by atoms with Gasteiger partial charge in [-0.25, -0.2) is 9.59 Å². The SMILES string of the molecule is CCCCCCCCCCCCSCCOC(=O)C(Cc1cc(C(C)(C)C)c(OC(=O)OC(C)(C)C)c(C(C)(C)C)c1)(Cc1cc(C(C)(C)C)c(OC(=O)OC(C)(C)C)c(C(C)(C)C)c1)C(=O)OCSCCCCCCCCCCCC.